The zero-order valence-corrected chi connectivity index (χ0v) is 14.0. The molecule has 6 heteroatoms. The van der Waals surface area contributed by atoms with Crippen LogP contribution in [0, 0.1) is 0 Å². The first-order valence-corrected chi connectivity index (χ1v) is 9.74. The van der Waals surface area contributed by atoms with Crippen LogP contribution < -0.4 is 11.1 Å². The summed E-state index contributed by atoms with van der Waals surface area (Å²) in [6.45, 7) is 1.06. The number of rotatable bonds is 8. The van der Waals surface area contributed by atoms with Gasteiger partial charge in [-0.3, -0.25) is 0 Å². The van der Waals surface area contributed by atoms with Gasteiger partial charge in [0.2, 0.25) is 0 Å². The van der Waals surface area contributed by atoms with Crippen LogP contribution in [-0.2, 0) is 5.54 Å². The molecule has 0 spiro atoms. The van der Waals surface area contributed by atoms with E-state index in [1.165, 1.54) is 0 Å². The van der Waals surface area contributed by atoms with Crippen LogP contribution in [-0.4, -0.2) is 36.3 Å². The fourth-order valence-corrected chi connectivity index (χ4v) is 3.23. The normalized spacial score (nSPS) is 12.3. The maximum atomic E-state index is 9.03. The molecule has 0 radical (unpaired) electrons. The van der Waals surface area contributed by atoms with Crippen LogP contribution in [0.5, 0.6) is 0 Å². The van der Waals surface area contributed by atoms with E-state index in [9.17, 15) is 0 Å². The zero-order chi connectivity index (χ0) is 16.8. The second-order valence-electron chi connectivity index (χ2n) is 5.76. The average molecular weight is 332 g/mol. The Morgan fingerprint density at radius 1 is 0.870 bits per heavy atom. The molecule has 124 valence electrons. The molecule has 0 bridgehead atoms. The van der Waals surface area contributed by atoms with Crippen LogP contribution in [0.4, 0.5) is 0 Å². The average Bonchev–Trinajstić information content (AvgIpc) is 2.55. The van der Waals surface area contributed by atoms with E-state index < -0.39 is 14.3 Å². The summed E-state index contributed by atoms with van der Waals surface area (Å²) in [5, 5.41) is 3.26. The van der Waals surface area contributed by atoms with Gasteiger partial charge in [0.1, 0.15) is 0 Å². The SMILES string of the molecule is NC(CNCCC[Si](O)(O)O)(c1ccccc1)c1ccccc1. The molecular weight excluding hydrogens is 308 g/mol. The molecule has 6 N–H and O–H groups in total. The van der Waals surface area contributed by atoms with Crippen molar-refractivity contribution in [2.75, 3.05) is 13.1 Å². The summed E-state index contributed by atoms with van der Waals surface area (Å²) in [6, 6.07) is 19.8. The van der Waals surface area contributed by atoms with E-state index >= 15 is 0 Å². The Kier molecular flexibility index (Phi) is 6.06. The van der Waals surface area contributed by atoms with Gasteiger partial charge in [0.25, 0.3) is 0 Å². The highest BCUT2D eigenvalue weighted by Gasteiger charge is 2.29. The number of hydrogen-bond acceptors (Lipinski definition) is 5. The molecule has 0 saturated heterocycles. The molecule has 0 fully saturated rings. The van der Waals surface area contributed by atoms with E-state index in [1.54, 1.807) is 0 Å². The van der Waals surface area contributed by atoms with Crippen LogP contribution in [0.15, 0.2) is 60.7 Å². The second kappa shape index (κ2) is 7.83. The van der Waals surface area contributed by atoms with Gasteiger partial charge in [-0.15, -0.1) is 0 Å². The lowest BCUT2D eigenvalue weighted by atomic mass is 9.83. The van der Waals surface area contributed by atoms with Crippen molar-refractivity contribution in [3.63, 3.8) is 0 Å². The highest BCUT2D eigenvalue weighted by Crippen LogP contribution is 2.26. The number of nitrogens with two attached hydrogens (primary N) is 1. The molecule has 0 aromatic heterocycles. The standard InChI is InChI=1S/C17H24N2O3Si/c18-17(15-8-3-1-4-9-15,16-10-5-2-6-11-16)14-19-12-7-13-23(20,21)22/h1-6,8-11,19-22H,7,12-14,18H2. The summed E-state index contributed by atoms with van der Waals surface area (Å²) in [4.78, 5) is 27.1. The highest BCUT2D eigenvalue weighted by molar-refractivity contribution is 6.56. The molecule has 0 atom stereocenters. The maximum Gasteiger partial charge on any atom is 0.492 e. The minimum Gasteiger partial charge on any atom is -0.390 e. The number of nitrogens with one attached hydrogen (secondary N) is 1. The largest absolute Gasteiger partial charge is 0.492 e. The van der Waals surface area contributed by atoms with Gasteiger partial charge in [0.05, 0.1) is 5.54 Å². The molecule has 5 nitrogen and oxygen atoms in total. The minimum atomic E-state index is -3.95. The molecule has 0 saturated carbocycles. The smallest absolute Gasteiger partial charge is 0.390 e. The van der Waals surface area contributed by atoms with Gasteiger partial charge in [-0.05, 0) is 24.1 Å². The Labute approximate surface area is 137 Å². The maximum absolute atomic E-state index is 9.03. The van der Waals surface area contributed by atoms with Gasteiger partial charge >= 0.3 is 8.80 Å². The summed E-state index contributed by atoms with van der Waals surface area (Å²) in [5.41, 5.74) is 8.05. The lowest BCUT2D eigenvalue weighted by Gasteiger charge is -2.31. The third-order valence-corrected chi connectivity index (χ3v) is 4.87. The predicted octanol–water partition coefficient (Wildman–Crippen LogP) is 0.784. The van der Waals surface area contributed by atoms with Crippen molar-refractivity contribution < 1.29 is 14.4 Å². The van der Waals surface area contributed by atoms with Crippen molar-refractivity contribution in [3.8, 4) is 0 Å². The van der Waals surface area contributed by atoms with E-state index in [4.69, 9.17) is 20.1 Å². The van der Waals surface area contributed by atoms with Crippen molar-refractivity contribution in [1.82, 2.24) is 5.32 Å². The van der Waals surface area contributed by atoms with E-state index in [0.29, 0.717) is 19.5 Å². The van der Waals surface area contributed by atoms with Crippen LogP contribution >= 0.6 is 0 Å². The Morgan fingerprint density at radius 2 is 1.35 bits per heavy atom. The van der Waals surface area contributed by atoms with E-state index in [1.807, 2.05) is 60.7 Å². The van der Waals surface area contributed by atoms with Crippen molar-refractivity contribution >= 4 is 8.80 Å². The Balaban J connectivity index is 2.07. The van der Waals surface area contributed by atoms with Gasteiger partial charge < -0.3 is 25.4 Å². The van der Waals surface area contributed by atoms with Crippen LogP contribution in [0.2, 0.25) is 6.04 Å². The Bertz CT molecular complexity index is 548. The Morgan fingerprint density at radius 3 is 1.78 bits per heavy atom. The monoisotopic (exact) mass is 332 g/mol. The molecule has 0 amide bonds. The number of hydrogen-bond donors (Lipinski definition) is 5. The Hall–Kier alpha value is -1.54. The quantitative estimate of drug-likeness (QED) is 0.363. The topological polar surface area (TPSA) is 98.7 Å². The van der Waals surface area contributed by atoms with Gasteiger partial charge in [0, 0.05) is 12.6 Å². The van der Waals surface area contributed by atoms with E-state index in [-0.39, 0.29) is 6.04 Å². The molecule has 2 aromatic carbocycles. The van der Waals surface area contributed by atoms with Crippen molar-refractivity contribution in [2.24, 2.45) is 5.73 Å². The highest BCUT2D eigenvalue weighted by atomic mass is 28.4. The third kappa shape index (κ3) is 5.24. The van der Waals surface area contributed by atoms with Gasteiger partial charge in [-0.25, -0.2) is 0 Å². The van der Waals surface area contributed by atoms with Crippen LogP contribution in [0.1, 0.15) is 17.5 Å². The predicted molar refractivity (Wildman–Crippen MR) is 92.6 cm³/mol. The third-order valence-electron chi connectivity index (χ3n) is 3.85. The summed E-state index contributed by atoms with van der Waals surface area (Å²) < 4.78 is 0. The zero-order valence-electron chi connectivity index (χ0n) is 13.0. The molecule has 2 aromatic rings. The van der Waals surface area contributed by atoms with Gasteiger partial charge in [-0.2, -0.15) is 0 Å². The van der Waals surface area contributed by atoms with Crippen LogP contribution in [0.25, 0.3) is 0 Å². The molecule has 0 aliphatic carbocycles. The van der Waals surface area contributed by atoms with Crippen molar-refractivity contribution in [1.29, 1.82) is 0 Å². The summed E-state index contributed by atoms with van der Waals surface area (Å²) >= 11 is 0. The van der Waals surface area contributed by atoms with Crippen molar-refractivity contribution in [3.05, 3.63) is 71.8 Å². The molecule has 2 rings (SSSR count). The van der Waals surface area contributed by atoms with Gasteiger partial charge in [0.15, 0.2) is 0 Å². The second-order valence-corrected chi connectivity index (χ2v) is 7.81. The molecule has 0 aliphatic rings. The van der Waals surface area contributed by atoms with Crippen molar-refractivity contribution in [2.45, 2.75) is 18.0 Å². The fourth-order valence-electron chi connectivity index (χ4n) is 2.58. The van der Waals surface area contributed by atoms with E-state index in [0.717, 1.165) is 11.1 Å². The summed E-state index contributed by atoms with van der Waals surface area (Å²) in [6.07, 6.45) is 0.482. The molecule has 0 heterocycles. The molecule has 23 heavy (non-hydrogen) atoms. The van der Waals surface area contributed by atoms with Gasteiger partial charge in [-0.1, -0.05) is 60.7 Å². The summed E-state index contributed by atoms with van der Waals surface area (Å²) in [5.74, 6) is 0. The lowest BCUT2D eigenvalue weighted by Crippen LogP contribution is -2.47. The molecule has 0 unspecified atom stereocenters. The minimum absolute atomic E-state index is 0.0221. The first-order valence-electron chi connectivity index (χ1n) is 7.70. The lowest BCUT2D eigenvalue weighted by molar-refractivity contribution is 0.226. The summed E-state index contributed by atoms with van der Waals surface area (Å²) in [7, 11) is -3.95. The van der Waals surface area contributed by atoms with Crippen LogP contribution in [0.3, 0.4) is 0 Å². The first-order chi connectivity index (χ1) is 10.9. The molecular formula is C17H24N2O3Si. The first kappa shape index (κ1) is 17.8. The fraction of sp³-hybridized carbons (Fsp3) is 0.294. The number of benzene rings is 2. The molecule has 0 aliphatic heterocycles. The van der Waals surface area contributed by atoms with E-state index in [2.05, 4.69) is 5.32 Å².